The number of nitrogens with zero attached hydrogens (tertiary/aromatic N) is 4. The van der Waals surface area contributed by atoms with Crippen LogP contribution >= 0.6 is 15.9 Å². The smallest absolute Gasteiger partial charge is 0.165 e. The summed E-state index contributed by atoms with van der Waals surface area (Å²) in [6, 6.07) is 0. The van der Waals surface area contributed by atoms with E-state index in [9.17, 15) is 0 Å². The summed E-state index contributed by atoms with van der Waals surface area (Å²) >= 11 is 3.38. The number of anilines is 1. The van der Waals surface area contributed by atoms with Crippen LogP contribution in [0.4, 0.5) is 5.82 Å². The third-order valence-electron chi connectivity index (χ3n) is 2.24. The van der Waals surface area contributed by atoms with Crippen molar-refractivity contribution in [2.75, 3.05) is 12.4 Å². The zero-order valence-electron chi connectivity index (χ0n) is 9.32. The van der Waals surface area contributed by atoms with Gasteiger partial charge in [-0.25, -0.2) is 9.97 Å². The molecule has 0 unspecified atom stereocenters. The first kappa shape index (κ1) is 11.1. The van der Waals surface area contributed by atoms with Crippen molar-refractivity contribution in [3.8, 4) is 11.4 Å². The van der Waals surface area contributed by atoms with Gasteiger partial charge in [0.1, 0.15) is 5.82 Å². The lowest BCUT2D eigenvalue weighted by Crippen LogP contribution is -1.97. The molecule has 0 radical (unpaired) electrons. The largest absolute Gasteiger partial charge is 0.372 e. The normalized spacial score (nSPS) is 10.5. The van der Waals surface area contributed by atoms with Gasteiger partial charge in [0.05, 0.1) is 15.7 Å². The number of hydrogen-bond donors (Lipinski definition) is 1. The second-order valence-corrected chi connectivity index (χ2v) is 4.30. The van der Waals surface area contributed by atoms with Gasteiger partial charge in [-0.3, -0.25) is 4.68 Å². The molecule has 6 heteroatoms. The maximum absolute atomic E-state index is 4.41. The van der Waals surface area contributed by atoms with Gasteiger partial charge in [-0.05, 0) is 22.9 Å². The number of aryl methyl sites for hydroxylation is 2. The van der Waals surface area contributed by atoms with E-state index in [2.05, 4.69) is 36.3 Å². The SMILES string of the molecule is CNc1nc(-c2cn(C)nc2C)ncc1Br. The zero-order valence-corrected chi connectivity index (χ0v) is 10.9. The summed E-state index contributed by atoms with van der Waals surface area (Å²) in [4.78, 5) is 8.69. The molecular weight excluding hydrogens is 270 g/mol. The molecule has 0 aliphatic rings. The number of hydrogen-bond acceptors (Lipinski definition) is 4. The van der Waals surface area contributed by atoms with Crippen molar-refractivity contribution in [3.05, 3.63) is 22.6 Å². The summed E-state index contributed by atoms with van der Waals surface area (Å²) < 4.78 is 2.61. The summed E-state index contributed by atoms with van der Waals surface area (Å²) in [5, 5.41) is 7.28. The van der Waals surface area contributed by atoms with E-state index >= 15 is 0 Å². The molecule has 0 aromatic carbocycles. The highest BCUT2D eigenvalue weighted by Gasteiger charge is 2.10. The Balaban J connectivity index is 2.52. The Hall–Kier alpha value is -1.43. The van der Waals surface area contributed by atoms with Gasteiger partial charge in [-0.15, -0.1) is 0 Å². The fourth-order valence-corrected chi connectivity index (χ4v) is 1.88. The monoisotopic (exact) mass is 281 g/mol. The van der Waals surface area contributed by atoms with Crippen LogP contribution in [0, 0.1) is 6.92 Å². The summed E-state index contributed by atoms with van der Waals surface area (Å²) in [6.45, 7) is 1.94. The Morgan fingerprint density at radius 2 is 2.19 bits per heavy atom. The lowest BCUT2D eigenvalue weighted by molar-refractivity contribution is 0.756. The highest BCUT2D eigenvalue weighted by atomic mass is 79.9. The quantitative estimate of drug-likeness (QED) is 0.915. The average Bonchev–Trinajstić information content (AvgIpc) is 2.59. The highest BCUT2D eigenvalue weighted by Crippen LogP contribution is 2.24. The molecule has 0 saturated heterocycles. The predicted molar refractivity (Wildman–Crippen MR) is 66.2 cm³/mol. The third kappa shape index (κ3) is 1.92. The van der Waals surface area contributed by atoms with Gasteiger partial charge in [0.25, 0.3) is 0 Å². The van der Waals surface area contributed by atoms with Crippen LogP contribution in [0.15, 0.2) is 16.9 Å². The minimum absolute atomic E-state index is 0.679. The van der Waals surface area contributed by atoms with Crippen LogP contribution in [0.1, 0.15) is 5.69 Å². The Bertz CT molecular complexity index is 520. The molecule has 2 aromatic rings. The molecule has 0 atom stereocenters. The highest BCUT2D eigenvalue weighted by molar-refractivity contribution is 9.10. The predicted octanol–water partition coefficient (Wildman–Crippen LogP) is 1.99. The fourth-order valence-electron chi connectivity index (χ4n) is 1.49. The van der Waals surface area contributed by atoms with Crippen LogP contribution in [0.3, 0.4) is 0 Å². The van der Waals surface area contributed by atoms with Crippen molar-refractivity contribution in [2.45, 2.75) is 6.92 Å². The van der Waals surface area contributed by atoms with Crippen molar-refractivity contribution < 1.29 is 0 Å². The minimum atomic E-state index is 0.679. The van der Waals surface area contributed by atoms with E-state index in [4.69, 9.17) is 0 Å². The van der Waals surface area contributed by atoms with Gasteiger partial charge in [-0.2, -0.15) is 5.10 Å². The van der Waals surface area contributed by atoms with Crippen LogP contribution in [-0.2, 0) is 7.05 Å². The second-order valence-electron chi connectivity index (χ2n) is 3.44. The maximum atomic E-state index is 4.41. The van der Waals surface area contributed by atoms with Crippen LogP contribution in [0.25, 0.3) is 11.4 Å². The Labute approximate surface area is 102 Å². The number of aromatic nitrogens is 4. The van der Waals surface area contributed by atoms with E-state index in [1.165, 1.54) is 0 Å². The molecule has 0 bridgehead atoms. The van der Waals surface area contributed by atoms with Crippen LogP contribution in [0.5, 0.6) is 0 Å². The first-order valence-electron chi connectivity index (χ1n) is 4.82. The van der Waals surface area contributed by atoms with Gasteiger partial charge < -0.3 is 5.32 Å². The number of rotatable bonds is 2. The molecule has 2 rings (SSSR count). The summed E-state index contributed by atoms with van der Waals surface area (Å²) in [7, 11) is 3.71. The molecule has 1 N–H and O–H groups in total. The van der Waals surface area contributed by atoms with Gasteiger partial charge >= 0.3 is 0 Å². The van der Waals surface area contributed by atoms with Crippen LogP contribution in [0.2, 0.25) is 0 Å². The Kier molecular flexibility index (Phi) is 2.91. The summed E-state index contributed by atoms with van der Waals surface area (Å²) in [5.74, 6) is 1.45. The maximum Gasteiger partial charge on any atom is 0.165 e. The van der Waals surface area contributed by atoms with E-state index in [0.717, 1.165) is 21.5 Å². The summed E-state index contributed by atoms with van der Waals surface area (Å²) in [5.41, 5.74) is 1.87. The van der Waals surface area contributed by atoms with E-state index in [0.29, 0.717) is 5.82 Å². The molecule has 0 amide bonds. The zero-order chi connectivity index (χ0) is 11.7. The molecule has 0 spiro atoms. The lowest BCUT2D eigenvalue weighted by Gasteiger charge is -2.04. The van der Waals surface area contributed by atoms with Crippen molar-refractivity contribution in [1.29, 1.82) is 0 Å². The topological polar surface area (TPSA) is 55.6 Å². The van der Waals surface area contributed by atoms with Gasteiger partial charge in [0.15, 0.2) is 5.82 Å². The minimum Gasteiger partial charge on any atom is -0.372 e. The summed E-state index contributed by atoms with van der Waals surface area (Å²) in [6.07, 6.45) is 3.65. The van der Waals surface area contributed by atoms with Crippen molar-refractivity contribution >= 4 is 21.7 Å². The van der Waals surface area contributed by atoms with Crippen molar-refractivity contribution in [2.24, 2.45) is 7.05 Å². The first-order valence-corrected chi connectivity index (χ1v) is 5.62. The molecule has 0 aliphatic heterocycles. The molecule has 0 saturated carbocycles. The molecular formula is C10H12BrN5. The van der Waals surface area contributed by atoms with Crippen LogP contribution in [-0.4, -0.2) is 26.8 Å². The second kappa shape index (κ2) is 4.21. The molecule has 5 nitrogen and oxygen atoms in total. The van der Waals surface area contributed by atoms with E-state index in [1.54, 1.807) is 10.9 Å². The molecule has 2 aromatic heterocycles. The average molecular weight is 282 g/mol. The number of nitrogens with one attached hydrogen (secondary N) is 1. The molecule has 0 fully saturated rings. The van der Waals surface area contributed by atoms with E-state index in [1.807, 2.05) is 27.2 Å². The van der Waals surface area contributed by atoms with Gasteiger partial charge in [0.2, 0.25) is 0 Å². The third-order valence-corrected chi connectivity index (χ3v) is 2.82. The Morgan fingerprint density at radius 1 is 1.44 bits per heavy atom. The van der Waals surface area contributed by atoms with Crippen molar-refractivity contribution in [1.82, 2.24) is 19.7 Å². The van der Waals surface area contributed by atoms with Gasteiger partial charge in [0, 0.05) is 26.5 Å². The molecule has 84 valence electrons. The van der Waals surface area contributed by atoms with E-state index in [-0.39, 0.29) is 0 Å². The van der Waals surface area contributed by atoms with Crippen molar-refractivity contribution in [3.63, 3.8) is 0 Å². The number of halogens is 1. The lowest BCUT2D eigenvalue weighted by atomic mass is 10.2. The molecule has 2 heterocycles. The molecule has 0 aliphatic carbocycles. The standard InChI is InChI=1S/C10H12BrN5/c1-6-7(5-16(3)15-6)9-13-4-8(11)10(12-2)14-9/h4-5H,1-3H3,(H,12,13,14). The first-order chi connectivity index (χ1) is 7.61. The van der Waals surface area contributed by atoms with Crippen LogP contribution < -0.4 is 5.32 Å². The molecule has 16 heavy (non-hydrogen) atoms. The van der Waals surface area contributed by atoms with E-state index < -0.39 is 0 Å². The van der Waals surface area contributed by atoms with Gasteiger partial charge in [-0.1, -0.05) is 0 Å². The fraction of sp³-hybridized carbons (Fsp3) is 0.300. The Morgan fingerprint density at radius 3 is 2.75 bits per heavy atom.